The van der Waals surface area contributed by atoms with Gasteiger partial charge in [-0.3, -0.25) is 0 Å². The molecule has 1 heteroatoms. The predicted molar refractivity (Wildman–Crippen MR) is 77.4 cm³/mol. The molecule has 0 saturated carbocycles. The minimum Gasteiger partial charge on any atom is -0.0877 e. The molecule has 0 atom stereocenters. The highest BCUT2D eigenvalue weighted by atomic mass is 35.5. The molecule has 90 valence electrons. The Hall–Kier alpha value is -1.27. The number of aryl methyl sites for hydroxylation is 1. The third-order valence-electron chi connectivity index (χ3n) is 2.68. The van der Waals surface area contributed by atoms with Crippen LogP contribution in [0, 0.1) is 6.92 Å². The number of benzene rings is 1. The standard InChI is InChI=1S/C16H19Cl/c1-4-5-8-14(3)16(17)12-11-15-10-7-6-9-13(15)2/h4-10,12H,11H2,1-3H3/b5-4+,14-8-,16-12+. The first-order valence-corrected chi connectivity index (χ1v) is 6.23. The summed E-state index contributed by atoms with van der Waals surface area (Å²) >= 11 is 6.23. The molecule has 0 spiro atoms. The van der Waals surface area contributed by atoms with Crippen LogP contribution in [0.2, 0.25) is 0 Å². The Bertz CT molecular complexity index is 450. The fourth-order valence-corrected chi connectivity index (χ4v) is 1.66. The van der Waals surface area contributed by atoms with Crippen molar-refractivity contribution in [1.29, 1.82) is 0 Å². The lowest BCUT2D eigenvalue weighted by Gasteiger charge is -2.03. The molecule has 0 bridgehead atoms. The van der Waals surface area contributed by atoms with Gasteiger partial charge in [-0.1, -0.05) is 60.2 Å². The zero-order valence-electron chi connectivity index (χ0n) is 10.7. The van der Waals surface area contributed by atoms with Crippen LogP contribution in [0.4, 0.5) is 0 Å². The third-order valence-corrected chi connectivity index (χ3v) is 3.13. The minimum absolute atomic E-state index is 0.825. The van der Waals surface area contributed by atoms with Crippen LogP contribution < -0.4 is 0 Å². The summed E-state index contributed by atoms with van der Waals surface area (Å²) < 4.78 is 0. The van der Waals surface area contributed by atoms with Gasteiger partial charge in [-0.15, -0.1) is 0 Å². The molecule has 0 N–H and O–H groups in total. The quantitative estimate of drug-likeness (QED) is 0.642. The molecule has 0 saturated heterocycles. The van der Waals surface area contributed by atoms with Gasteiger partial charge in [0.25, 0.3) is 0 Å². The third kappa shape index (κ3) is 4.62. The van der Waals surface area contributed by atoms with Gasteiger partial charge < -0.3 is 0 Å². The lowest BCUT2D eigenvalue weighted by atomic mass is 10.1. The molecular weight excluding hydrogens is 228 g/mol. The van der Waals surface area contributed by atoms with Gasteiger partial charge in [0.2, 0.25) is 0 Å². The second kappa shape index (κ2) is 7.13. The van der Waals surface area contributed by atoms with Crippen LogP contribution in [0.15, 0.2) is 59.2 Å². The molecule has 0 heterocycles. The van der Waals surface area contributed by atoms with Crippen molar-refractivity contribution in [2.45, 2.75) is 27.2 Å². The van der Waals surface area contributed by atoms with Crippen molar-refractivity contribution in [3.05, 3.63) is 70.3 Å². The summed E-state index contributed by atoms with van der Waals surface area (Å²) in [5.74, 6) is 0. The maximum Gasteiger partial charge on any atom is 0.0398 e. The van der Waals surface area contributed by atoms with Crippen molar-refractivity contribution in [3.63, 3.8) is 0 Å². The average molecular weight is 247 g/mol. The zero-order chi connectivity index (χ0) is 12.7. The van der Waals surface area contributed by atoms with Gasteiger partial charge in [0.15, 0.2) is 0 Å². The van der Waals surface area contributed by atoms with Crippen LogP contribution >= 0.6 is 11.6 Å². The van der Waals surface area contributed by atoms with Crippen LogP contribution in [0.25, 0.3) is 0 Å². The number of halogens is 1. The van der Waals surface area contributed by atoms with E-state index in [1.807, 2.05) is 32.1 Å². The summed E-state index contributed by atoms with van der Waals surface area (Å²) in [6.07, 6.45) is 8.97. The van der Waals surface area contributed by atoms with Crippen LogP contribution in [0.1, 0.15) is 25.0 Å². The maximum absolute atomic E-state index is 6.23. The van der Waals surface area contributed by atoms with Crippen LogP contribution in [-0.4, -0.2) is 0 Å². The van der Waals surface area contributed by atoms with E-state index in [0.717, 1.165) is 17.0 Å². The fraction of sp³-hybridized carbons (Fsp3) is 0.250. The monoisotopic (exact) mass is 246 g/mol. The molecule has 1 rings (SSSR count). The Kier molecular flexibility index (Phi) is 5.79. The van der Waals surface area contributed by atoms with Crippen molar-refractivity contribution in [2.24, 2.45) is 0 Å². The van der Waals surface area contributed by atoms with Gasteiger partial charge in [-0.25, -0.2) is 0 Å². The summed E-state index contributed by atoms with van der Waals surface area (Å²) in [5.41, 5.74) is 3.73. The van der Waals surface area contributed by atoms with Gasteiger partial charge in [0.1, 0.15) is 0 Å². The second-order valence-corrected chi connectivity index (χ2v) is 4.47. The van der Waals surface area contributed by atoms with E-state index in [1.165, 1.54) is 11.1 Å². The Morgan fingerprint density at radius 2 is 2.00 bits per heavy atom. The number of rotatable bonds is 4. The summed E-state index contributed by atoms with van der Waals surface area (Å²) in [7, 11) is 0. The van der Waals surface area contributed by atoms with Gasteiger partial charge in [0, 0.05) is 5.03 Å². The molecule has 0 unspecified atom stereocenters. The Morgan fingerprint density at radius 1 is 1.29 bits per heavy atom. The molecule has 0 aliphatic rings. The Balaban J connectivity index is 2.75. The van der Waals surface area contributed by atoms with Crippen LogP contribution in [-0.2, 0) is 6.42 Å². The maximum atomic E-state index is 6.23. The Labute approximate surface area is 109 Å². The van der Waals surface area contributed by atoms with Crippen molar-refractivity contribution >= 4 is 11.6 Å². The zero-order valence-corrected chi connectivity index (χ0v) is 11.5. The van der Waals surface area contributed by atoms with Crippen LogP contribution in [0.5, 0.6) is 0 Å². The van der Waals surface area contributed by atoms with E-state index in [4.69, 9.17) is 11.6 Å². The SMILES string of the molecule is C/C=C/C=C(C)\C(Cl)=C/Cc1ccccc1C. The minimum atomic E-state index is 0.825. The summed E-state index contributed by atoms with van der Waals surface area (Å²) in [5, 5.41) is 0.825. The van der Waals surface area contributed by atoms with Gasteiger partial charge in [-0.05, 0) is 43.9 Å². The first-order valence-electron chi connectivity index (χ1n) is 5.85. The molecule has 0 amide bonds. The topological polar surface area (TPSA) is 0 Å². The molecule has 0 radical (unpaired) electrons. The molecule has 0 fully saturated rings. The van der Waals surface area contributed by atoms with E-state index in [0.29, 0.717) is 0 Å². The molecule has 0 aliphatic heterocycles. The van der Waals surface area contributed by atoms with E-state index < -0.39 is 0 Å². The van der Waals surface area contributed by atoms with Gasteiger partial charge in [0.05, 0.1) is 0 Å². The summed E-state index contributed by atoms with van der Waals surface area (Å²) in [6, 6.07) is 8.38. The molecule has 0 aliphatic carbocycles. The molecule has 1 aromatic rings. The normalized spacial score (nSPS) is 13.4. The summed E-state index contributed by atoms with van der Waals surface area (Å²) in [6.45, 7) is 6.14. The summed E-state index contributed by atoms with van der Waals surface area (Å²) in [4.78, 5) is 0. The lowest BCUT2D eigenvalue weighted by molar-refractivity contribution is 1.20. The average Bonchev–Trinajstić information content (AvgIpc) is 2.34. The predicted octanol–water partition coefficient (Wildman–Crippen LogP) is 5.18. The van der Waals surface area contributed by atoms with Crippen molar-refractivity contribution in [3.8, 4) is 0 Å². The highest BCUT2D eigenvalue weighted by Gasteiger charge is 1.97. The smallest absolute Gasteiger partial charge is 0.0398 e. The van der Waals surface area contributed by atoms with Gasteiger partial charge >= 0.3 is 0 Å². The molecular formula is C16H19Cl. The van der Waals surface area contributed by atoms with Crippen LogP contribution in [0.3, 0.4) is 0 Å². The molecule has 0 aromatic heterocycles. The van der Waals surface area contributed by atoms with E-state index in [1.54, 1.807) is 0 Å². The second-order valence-electron chi connectivity index (χ2n) is 4.06. The van der Waals surface area contributed by atoms with E-state index >= 15 is 0 Å². The highest BCUT2D eigenvalue weighted by Crippen LogP contribution is 2.17. The lowest BCUT2D eigenvalue weighted by Crippen LogP contribution is -1.87. The molecule has 17 heavy (non-hydrogen) atoms. The van der Waals surface area contributed by atoms with E-state index in [-0.39, 0.29) is 0 Å². The molecule has 0 nitrogen and oxygen atoms in total. The first-order chi connectivity index (χ1) is 8.15. The number of hydrogen-bond donors (Lipinski definition) is 0. The highest BCUT2D eigenvalue weighted by molar-refractivity contribution is 6.31. The number of hydrogen-bond acceptors (Lipinski definition) is 0. The van der Waals surface area contributed by atoms with E-state index in [9.17, 15) is 0 Å². The van der Waals surface area contributed by atoms with Crippen molar-refractivity contribution in [2.75, 3.05) is 0 Å². The largest absolute Gasteiger partial charge is 0.0877 e. The first kappa shape index (κ1) is 13.8. The fourth-order valence-electron chi connectivity index (χ4n) is 1.52. The Morgan fingerprint density at radius 3 is 2.65 bits per heavy atom. The number of allylic oxidation sites excluding steroid dienone is 6. The van der Waals surface area contributed by atoms with Gasteiger partial charge in [-0.2, -0.15) is 0 Å². The van der Waals surface area contributed by atoms with Crippen molar-refractivity contribution in [1.82, 2.24) is 0 Å². The van der Waals surface area contributed by atoms with E-state index in [2.05, 4.69) is 37.3 Å². The molecule has 1 aromatic carbocycles. The van der Waals surface area contributed by atoms with Crippen molar-refractivity contribution < 1.29 is 0 Å².